The van der Waals surface area contributed by atoms with E-state index in [0.29, 0.717) is 11.0 Å². The van der Waals surface area contributed by atoms with Crippen LogP contribution < -0.4 is 5.32 Å². The number of Topliss-reactive ketones (excluding diaryl/α,β-unsaturated/α-hetero) is 1. The molecule has 2 N–H and O–H groups in total. The van der Waals surface area contributed by atoms with Crippen LogP contribution in [0, 0.1) is 5.92 Å². The van der Waals surface area contributed by atoms with E-state index in [0.717, 1.165) is 17.8 Å². The summed E-state index contributed by atoms with van der Waals surface area (Å²) >= 11 is 1.10. The molecule has 2 atom stereocenters. The maximum atomic E-state index is 11.3. The van der Waals surface area contributed by atoms with Crippen LogP contribution in [0.15, 0.2) is 0 Å². The van der Waals surface area contributed by atoms with E-state index in [2.05, 4.69) is 24.1 Å². The summed E-state index contributed by atoms with van der Waals surface area (Å²) < 4.78 is 0. The Morgan fingerprint density at radius 2 is 2.06 bits per heavy atom. The topological polar surface area (TPSA) is 79.3 Å². The fourth-order valence-corrected chi connectivity index (χ4v) is 2.40. The first-order valence-corrected chi connectivity index (χ1v) is 6.70. The lowest BCUT2D eigenvalue weighted by molar-refractivity contribution is 0.0687. The van der Waals surface area contributed by atoms with Crippen molar-refractivity contribution in [1.82, 2.24) is 4.98 Å². The number of ketones is 1. The molecule has 1 rings (SSSR count). The molecule has 0 saturated heterocycles. The first-order valence-electron chi connectivity index (χ1n) is 5.88. The summed E-state index contributed by atoms with van der Waals surface area (Å²) in [7, 11) is 0. The predicted octanol–water partition coefficient (Wildman–Crippen LogP) is 2.89. The molecule has 0 aliphatic carbocycles. The highest BCUT2D eigenvalue weighted by Crippen LogP contribution is 2.25. The molecule has 18 heavy (non-hydrogen) atoms. The van der Waals surface area contributed by atoms with Gasteiger partial charge in [0.1, 0.15) is 4.88 Å². The van der Waals surface area contributed by atoms with Crippen molar-refractivity contribution in [1.29, 1.82) is 0 Å². The molecule has 0 aliphatic rings. The fraction of sp³-hybridized carbons (Fsp3) is 0.583. The summed E-state index contributed by atoms with van der Waals surface area (Å²) in [4.78, 5) is 26.5. The van der Waals surface area contributed by atoms with Gasteiger partial charge in [0.25, 0.3) is 0 Å². The third-order valence-electron chi connectivity index (χ3n) is 3.00. The Balaban J connectivity index is 2.95. The van der Waals surface area contributed by atoms with Crippen molar-refractivity contribution in [3.8, 4) is 0 Å². The first-order chi connectivity index (χ1) is 8.36. The lowest BCUT2D eigenvalue weighted by atomic mass is 10.0. The quantitative estimate of drug-likeness (QED) is 0.777. The van der Waals surface area contributed by atoms with Crippen LogP contribution in [-0.4, -0.2) is 27.9 Å². The van der Waals surface area contributed by atoms with Gasteiger partial charge in [0.15, 0.2) is 16.6 Å². The lowest BCUT2D eigenvalue weighted by Crippen LogP contribution is -2.23. The highest BCUT2D eigenvalue weighted by Gasteiger charge is 2.21. The van der Waals surface area contributed by atoms with Gasteiger partial charge in [-0.15, -0.1) is 0 Å². The van der Waals surface area contributed by atoms with Crippen LogP contribution in [0.3, 0.4) is 0 Å². The number of nitrogens with zero attached hydrogens (tertiary/aromatic N) is 1. The van der Waals surface area contributed by atoms with Gasteiger partial charge in [-0.2, -0.15) is 0 Å². The third kappa shape index (κ3) is 3.29. The van der Waals surface area contributed by atoms with E-state index in [1.807, 2.05) is 6.92 Å². The van der Waals surface area contributed by atoms with Crippen molar-refractivity contribution >= 4 is 28.2 Å². The second-order valence-electron chi connectivity index (χ2n) is 4.38. The van der Waals surface area contributed by atoms with E-state index >= 15 is 0 Å². The zero-order valence-corrected chi connectivity index (χ0v) is 11.8. The van der Waals surface area contributed by atoms with Crippen LogP contribution in [-0.2, 0) is 0 Å². The van der Waals surface area contributed by atoms with Gasteiger partial charge in [-0.1, -0.05) is 31.6 Å². The van der Waals surface area contributed by atoms with E-state index < -0.39 is 5.97 Å². The molecule has 0 aliphatic heterocycles. The molecular weight excluding hydrogens is 252 g/mol. The number of carboxylic acids is 1. The Morgan fingerprint density at radius 1 is 1.44 bits per heavy atom. The molecule has 1 aromatic rings. The Hall–Kier alpha value is -1.43. The highest BCUT2D eigenvalue weighted by atomic mass is 32.1. The van der Waals surface area contributed by atoms with E-state index in [9.17, 15) is 9.59 Å². The fourth-order valence-electron chi connectivity index (χ4n) is 1.46. The molecule has 0 amide bonds. The number of hydrogen-bond acceptors (Lipinski definition) is 5. The summed E-state index contributed by atoms with van der Waals surface area (Å²) in [5, 5.41) is 12.6. The van der Waals surface area contributed by atoms with Gasteiger partial charge in [-0.25, -0.2) is 9.78 Å². The number of anilines is 1. The summed E-state index contributed by atoms with van der Waals surface area (Å²) in [6, 6.07) is 0.183. The number of aromatic carboxylic acids is 1. The molecule has 0 saturated carbocycles. The summed E-state index contributed by atoms with van der Waals surface area (Å²) in [6.45, 7) is 7.56. The molecule has 1 heterocycles. The van der Waals surface area contributed by atoms with Crippen LogP contribution in [0.25, 0.3) is 0 Å². The van der Waals surface area contributed by atoms with E-state index in [4.69, 9.17) is 5.11 Å². The molecular formula is C12H18N2O3S. The van der Waals surface area contributed by atoms with Crippen molar-refractivity contribution < 1.29 is 14.7 Å². The van der Waals surface area contributed by atoms with Crippen LogP contribution in [0.5, 0.6) is 0 Å². The minimum absolute atomic E-state index is 0.161. The van der Waals surface area contributed by atoms with Crippen LogP contribution in [0.1, 0.15) is 54.3 Å². The Morgan fingerprint density at radius 3 is 2.44 bits per heavy atom. The van der Waals surface area contributed by atoms with Gasteiger partial charge in [0, 0.05) is 13.0 Å². The average Bonchev–Trinajstić information content (AvgIpc) is 2.72. The van der Waals surface area contributed by atoms with Crippen LogP contribution in [0.2, 0.25) is 0 Å². The molecule has 6 heteroatoms. The van der Waals surface area contributed by atoms with Crippen molar-refractivity contribution in [2.24, 2.45) is 5.92 Å². The monoisotopic (exact) mass is 270 g/mol. The second kappa shape index (κ2) is 5.95. The molecule has 0 bridgehead atoms. The molecule has 5 nitrogen and oxygen atoms in total. The van der Waals surface area contributed by atoms with Gasteiger partial charge in [0.2, 0.25) is 0 Å². The molecule has 2 unspecified atom stereocenters. The first kappa shape index (κ1) is 14.6. The smallest absolute Gasteiger partial charge is 0.356 e. The Labute approximate surface area is 110 Å². The van der Waals surface area contributed by atoms with Gasteiger partial charge in [-0.05, 0) is 12.8 Å². The number of carboxylic acid groups (broad SMARTS) is 1. The van der Waals surface area contributed by atoms with Crippen molar-refractivity contribution in [3.05, 3.63) is 10.6 Å². The average molecular weight is 270 g/mol. The lowest BCUT2D eigenvalue weighted by Gasteiger charge is -2.18. The van der Waals surface area contributed by atoms with Gasteiger partial charge in [0.05, 0.1) is 0 Å². The van der Waals surface area contributed by atoms with E-state index in [1.165, 1.54) is 6.92 Å². The number of rotatable bonds is 6. The largest absolute Gasteiger partial charge is 0.476 e. The zero-order valence-electron chi connectivity index (χ0n) is 11.0. The highest BCUT2D eigenvalue weighted by molar-refractivity contribution is 7.17. The zero-order chi connectivity index (χ0) is 13.9. The Bertz CT molecular complexity index is 425. The molecule has 1 aromatic heterocycles. The summed E-state index contributed by atoms with van der Waals surface area (Å²) in [5.74, 6) is -0.988. The number of thiazole rings is 1. The normalized spacial score (nSPS) is 14.0. The van der Waals surface area contributed by atoms with Crippen LogP contribution in [0.4, 0.5) is 5.13 Å². The minimum atomic E-state index is -1.17. The standard InChI is InChI=1S/C12H18N2O3S/c1-5-6(2)7(3)13-12-14-9(11(16)17)10(18-12)8(4)15/h6-7H,5H2,1-4H3,(H,13,14)(H,16,17). The van der Waals surface area contributed by atoms with E-state index in [-0.39, 0.29) is 22.4 Å². The third-order valence-corrected chi connectivity index (χ3v) is 4.09. The number of aromatic nitrogens is 1. The van der Waals surface area contributed by atoms with Crippen LogP contribution >= 0.6 is 11.3 Å². The number of carbonyl (C=O) groups excluding carboxylic acids is 1. The SMILES string of the molecule is CCC(C)C(C)Nc1nc(C(=O)O)c(C(C)=O)s1. The van der Waals surface area contributed by atoms with Crippen molar-refractivity contribution in [2.45, 2.75) is 40.2 Å². The maximum Gasteiger partial charge on any atom is 0.356 e. The van der Waals surface area contributed by atoms with E-state index in [1.54, 1.807) is 0 Å². The minimum Gasteiger partial charge on any atom is -0.476 e. The molecule has 100 valence electrons. The van der Waals surface area contributed by atoms with Crippen molar-refractivity contribution in [3.63, 3.8) is 0 Å². The predicted molar refractivity (Wildman–Crippen MR) is 71.6 cm³/mol. The van der Waals surface area contributed by atoms with Crippen molar-refractivity contribution in [2.75, 3.05) is 5.32 Å². The molecule has 0 aromatic carbocycles. The molecule has 0 spiro atoms. The Kier molecular flexibility index (Phi) is 4.84. The van der Waals surface area contributed by atoms with Gasteiger partial charge < -0.3 is 10.4 Å². The molecule has 0 fully saturated rings. The second-order valence-corrected chi connectivity index (χ2v) is 5.38. The summed E-state index contributed by atoms with van der Waals surface area (Å²) in [5.41, 5.74) is -0.161. The number of carbonyl (C=O) groups is 2. The molecule has 0 radical (unpaired) electrons. The maximum absolute atomic E-state index is 11.3. The van der Waals surface area contributed by atoms with Gasteiger partial charge >= 0.3 is 5.97 Å². The number of nitrogens with one attached hydrogen (secondary N) is 1. The summed E-state index contributed by atoms with van der Waals surface area (Å²) in [6.07, 6.45) is 1.02. The van der Waals surface area contributed by atoms with Gasteiger partial charge in [-0.3, -0.25) is 4.79 Å². The number of hydrogen-bond donors (Lipinski definition) is 2.